The number of carbonyl (C=O) groups excluding carboxylic acids is 1. The van der Waals surface area contributed by atoms with Gasteiger partial charge in [-0.25, -0.2) is 8.42 Å². The summed E-state index contributed by atoms with van der Waals surface area (Å²) in [7, 11) is -3.27. The van der Waals surface area contributed by atoms with Crippen molar-refractivity contribution < 1.29 is 17.9 Å². The maximum atomic E-state index is 11.5. The van der Waals surface area contributed by atoms with Crippen molar-refractivity contribution in [3.63, 3.8) is 0 Å². The first kappa shape index (κ1) is 14.7. The van der Waals surface area contributed by atoms with E-state index in [0.717, 1.165) is 12.5 Å². The van der Waals surface area contributed by atoms with E-state index in [9.17, 15) is 13.2 Å². The van der Waals surface area contributed by atoms with Crippen molar-refractivity contribution in [2.24, 2.45) is 0 Å². The molecule has 0 amide bonds. The Labute approximate surface area is 125 Å². The van der Waals surface area contributed by atoms with Crippen LogP contribution >= 0.6 is 15.9 Å². The number of carbonyl (C=O) groups is 1. The van der Waals surface area contributed by atoms with Gasteiger partial charge < -0.3 is 4.74 Å². The SMILES string of the molecule is CS(=O)(=O)c1cccc(Oc2ccc(C=O)c(Br)c2)c1. The molecule has 0 radical (unpaired) electrons. The molecular weight excluding hydrogens is 344 g/mol. The summed E-state index contributed by atoms with van der Waals surface area (Å²) in [5.74, 6) is 0.923. The summed E-state index contributed by atoms with van der Waals surface area (Å²) >= 11 is 3.26. The Morgan fingerprint density at radius 1 is 1.10 bits per heavy atom. The molecule has 0 N–H and O–H groups in total. The minimum atomic E-state index is -3.27. The Kier molecular flexibility index (Phi) is 4.25. The molecule has 0 saturated carbocycles. The number of hydrogen-bond donors (Lipinski definition) is 0. The molecule has 0 aliphatic carbocycles. The van der Waals surface area contributed by atoms with Crippen LogP contribution in [0.1, 0.15) is 10.4 Å². The minimum Gasteiger partial charge on any atom is -0.457 e. The van der Waals surface area contributed by atoms with Crippen molar-refractivity contribution in [3.8, 4) is 11.5 Å². The van der Waals surface area contributed by atoms with Gasteiger partial charge >= 0.3 is 0 Å². The number of sulfone groups is 1. The van der Waals surface area contributed by atoms with E-state index < -0.39 is 9.84 Å². The van der Waals surface area contributed by atoms with E-state index in [2.05, 4.69) is 15.9 Å². The van der Waals surface area contributed by atoms with Gasteiger partial charge in [0.05, 0.1) is 4.90 Å². The quantitative estimate of drug-likeness (QED) is 0.788. The Balaban J connectivity index is 2.31. The molecule has 0 heterocycles. The standard InChI is InChI=1S/C14H11BrO4S/c1-20(17,18)13-4-2-3-11(7-13)19-12-6-5-10(9-16)14(15)8-12/h2-9H,1H3. The average molecular weight is 355 g/mol. The topological polar surface area (TPSA) is 60.4 Å². The van der Waals surface area contributed by atoms with E-state index in [1.165, 1.54) is 12.1 Å². The lowest BCUT2D eigenvalue weighted by atomic mass is 10.2. The maximum absolute atomic E-state index is 11.5. The van der Waals surface area contributed by atoms with Gasteiger partial charge in [0.1, 0.15) is 11.5 Å². The van der Waals surface area contributed by atoms with E-state index in [1.54, 1.807) is 30.3 Å². The van der Waals surface area contributed by atoms with Gasteiger partial charge in [0.15, 0.2) is 16.1 Å². The molecule has 2 aromatic carbocycles. The molecule has 0 unspecified atom stereocenters. The summed E-state index contributed by atoms with van der Waals surface area (Å²) < 4.78 is 29.1. The molecule has 0 spiro atoms. The molecule has 0 aromatic heterocycles. The lowest BCUT2D eigenvalue weighted by molar-refractivity contribution is 0.112. The lowest BCUT2D eigenvalue weighted by Gasteiger charge is -2.08. The first-order valence-electron chi connectivity index (χ1n) is 5.63. The zero-order valence-electron chi connectivity index (χ0n) is 10.5. The monoisotopic (exact) mass is 354 g/mol. The van der Waals surface area contributed by atoms with Crippen LogP contribution in [0.25, 0.3) is 0 Å². The predicted octanol–water partition coefficient (Wildman–Crippen LogP) is 3.46. The summed E-state index contributed by atoms with van der Waals surface area (Å²) in [4.78, 5) is 10.9. The fourth-order valence-corrected chi connectivity index (χ4v) is 2.68. The first-order valence-corrected chi connectivity index (χ1v) is 8.31. The molecule has 4 nitrogen and oxygen atoms in total. The summed E-state index contributed by atoms with van der Waals surface area (Å²) in [6, 6.07) is 11.1. The van der Waals surface area contributed by atoms with Crippen molar-refractivity contribution in [1.29, 1.82) is 0 Å². The molecular formula is C14H11BrO4S. The number of halogens is 1. The third kappa shape index (κ3) is 3.46. The summed E-state index contributed by atoms with van der Waals surface area (Å²) in [5, 5.41) is 0. The molecule has 0 fully saturated rings. The van der Waals surface area contributed by atoms with Crippen LogP contribution in [0, 0.1) is 0 Å². The Morgan fingerprint density at radius 3 is 2.40 bits per heavy atom. The number of hydrogen-bond acceptors (Lipinski definition) is 4. The van der Waals surface area contributed by atoms with Crippen molar-refractivity contribution in [2.45, 2.75) is 4.90 Å². The van der Waals surface area contributed by atoms with Crippen LogP contribution in [0.4, 0.5) is 0 Å². The van der Waals surface area contributed by atoms with Crippen LogP contribution in [0.3, 0.4) is 0 Å². The van der Waals surface area contributed by atoms with Crippen LogP contribution in [-0.2, 0) is 9.84 Å². The Bertz CT molecular complexity index is 754. The zero-order chi connectivity index (χ0) is 14.8. The van der Waals surface area contributed by atoms with Gasteiger partial charge in [0, 0.05) is 16.3 Å². The number of ether oxygens (including phenoxy) is 1. The van der Waals surface area contributed by atoms with Gasteiger partial charge in [-0.2, -0.15) is 0 Å². The molecule has 20 heavy (non-hydrogen) atoms. The molecule has 6 heteroatoms. The van der Waals surface area contributed by atoms with Crippen LogP contribution in [0.2, 0.25) is 0 Å². The lowest BCUT2D eigenvalue weighted by Crippen LogP contribution is -1.97. The molecule has 2 rings (SSSR count). The highest BCUT2D eigenvalue weighted by molar-refractivity contribution is 9.10. The highest BCUT2D eigenvalue weighted by Crippen LogP contribution is 2.27. The molecule has 104 valence electrons. The average Bonchev–Trinajstić information content (AvgIpc) is 2.38. The van der Waals surface area contributed by atoms with Crippen molar-refractivity contribution in [2.75, 3.05) is 6.26 Å². The molecule has 0 aliphatic heterocycles. The molecule has 0 atom stereocenters. The highest BCUT2D eigenvalue weighted by atomic mass is 79.9. The van der Waals surface area contributed by atoms with Crippen molar-refractivity contribution in [3.05, 3.63) is 52.5 Å². The normalized spacial score (nSPS) is 11.1. The second-order valence-corrected chi connectivity index (χ2v) is 7.02. The Hall–Kier alpha value is -1.66. The smallest absolute Gasteiger partial charge is 0.175 e. The van der Waals surface area contributed by atoms with Gasteiger partial charge in [-0.05, 0) is 52.3 Å². The zero-order valence-corrected chi connectivity index (χ0v) is 12.9. The highest BCUT2D eigenvalue weighted by Gasteiger charge is 2.09. The second-order valence-electron chi connectivity index (χ2n) is 4.15. The first-order chi connectivity index (χ1) is 9.40. The minimum absolute atomic E-state index is 0.193. The van der Waals surface area contributed by atoms with Crippen LogP contribution in [-0.4, -0.2) is 21.0 Å². The molecule has 0 saturated heterocycles. The third-order valence-electron chi connectivity index (χ3n) is 2.57. The van der Waals surface area contributed by atoms with Crippen LogP contribution < -0.4 is 4.74 Å². The number of aldehydes is 1. The second kappa shape index (κ2) is 5.76. The van der Waals surface area contributed by atoms with Gasteiger partial charge in [-0.3, -0.25) is 4.79 Å². The molecule has 0 bridgehead atoms. The number of benzene rings is 2. The van der Waals surface area contributed by atoms with Gasteiger partial charge in [0.2, 0.25) is 0 Å². The van der Waals surface area contributed by atoms with E-state index in [4.69, 9.17) is 4.74 Å². The fraction of sp³-hybridized carbons (Fsp3) is 0.0714. The third-order valence-corrected chi connectivity index (χ3v) is 4.37. The van der Waals surface area contributed by atoms with Gasteiger partial charge in [0.25, 0.3) is 0 Å². The molecule has 0 aliphatic rings. The van der Waals surface area contributed by atoms with Crippen LogP contribution in [0.15, 0.2) is 51.8 Å². The van der Waals surface area contributed by atoms with E-state index in [0.29, 0.717) is 21.5 Å². The summed E-state index contributed by atoms with van der Waals surface area (Å²) in [6.07, 6.45) is 1.87. The Morgan fingerprint density at radius 2 is 1.80 bits per heavy atom. The van der Waals surface area contributed by atoms with E-state index in [-0.39, 0.29) is 4.90 Å². The molecule has 2 aromatic rings. The van der Waals surface area contributed by atoms with E-state index in [1.807, 2.05) is 0 Å². The van der Waals surface area contributed by atoms with Crippen molar-refractivity contribution in [1.82, 2.24) is 0 Å². The largest absolute Gasteiger partial charge is 0.457 e. The summed E-state index contributed by atoms with van der Waals surface area (Å²) in [5.41, 5.74) is 0.516. The van der Waals surface area contributed by atoms with Crippen molar-refractivity contribution >= 4 is 32.1 Å². The number of rotatable bonds is 4. The summed E-state index contributed by atoms with van der Waals surface area (Å²) in [6.45, 7) is 0. The van der Waals surface area contributed by atoms with Gasteiger partial charge in [-0.1, -0.05) is 6.07 Å². The maximum Gasteiger partial charge on any atom is 0.175 e. The predicted molar refractivity (Wildman–Crippen MR) is 79.2 cm³/mol. The van der Waals surface area contributed by atoms with Gasteiger partial charge in [-0.15, -0.1) is 0 Å². The fourth-order valence-electron chi connectivity index (χ4n) is 1.57. The van der Waals surface area contributed by atoms with E-state index >= 15 is 0 Å². The van der Waals surface area contributed by atoms with Crippen LogP contribution in [0.5, 0.6) is 11.5 Å².